The smallest absolute Gasteiger partial charge is 0.387 e. The molecular formula is C13H15F2NO5S. The van der Waals surface area contributed by atoms with Crippen molar-refractivity contribution in [1.82, 2.24) is 0 Å². The van der Waals surface area contributed by atoms with Crippen molar-refractivity contribution in [2.45, 2.75) is 13.0 Å². The number of rotatable bonds is 5. The molecule has 1 heterocycles. The van der Waals surface area contributed by atoms with Crippen LogP contribution in [-0.4, -0.2) is 39.6 Å². The Hall–Kier alpha value is -1.90. The molecule has 122 valence electrons. The van der Waals surface area contributed by atoms with Gasteiger partial charge < -0.3 is 14.8 Å². The highest BCUT2D eigenvalue weighted by molar-refractivity contribution is 7.91. The zero-order chi connectivity index (χ0) is 16.3. The number of hydrogen-bond donors (Lipinski definition) is 1. The number of ether oxygens (including phenoxy) is 2. The molecule has 1 amide bonds. The second-order valence-corrected chi connectivity index (χ2v) is 7.06. The van der Waals surface area contributed by atoms with Gasteiger partial charge in [0.05, 0.1) is 24.5 Å². The molecule has 1 saturated heterocycles. The van der Waals surface area contributed by atoms with Crippen LogP contribution in [0.3, 0.4) is 0 Å². The van der Waals surface area contributed by atoms with E-state index in [1.165, 1.54) is 25.3 Å². The fourth-order valence-corrected chi connectivity index (χ4v) is 3.93. The fourth-order valence-electron chi connectivity index (χ4n) is 2.19. The van der Waals surface area contributed by atoms with Crippen LogP contribution in [0.25, 0.3) is 0 Å². The monoisotopic (exact) mass is 335 g/mol. The van der Waals surface area contributed by atoms with Gasteiger partial charge in [0.2, 0.25) is 5.91 Å². The normalized spacial score (nSPS) is 19.9. The summed E-state index contributed by atoms with van der Waals surface area (Å²) in [6, 6.07) is 4.03. The molecule has 6 nitrogen and oxygen atoms in total. The summed E-state index contributed by atoms with van der Waals surface area (Å²) in [5.74, 6) is -1.43. The van der Waals surface area contributed by atoms with Crippen LogP contribution in [0.5, 0.6) is 11.5 Å². The van der Waals surface area contributed by atoms with Gasteiger partial charge in [0, 0.05) is 11.8 Å². The van der Waals surface area contributed by atoms with Crippen molar-refractivity contribution in [3.63, 3.8) is 0 Å². The summed E-state index contributed by atoms with van der Waals surface area (Å²) in [6.07, 6.45) is 0.255. The van der Waals surface area contributed by atoms with Gasteiger partial charge in [-0.25, -0.2) is 8.42 Å². The summed E-state index contributed by atoms with van der Waals surface area (Å²) < 4.78 is 56.6. The lowest BCUT2D eigenvalue weighted by Gasteiger charge is -2.13. The van der Waals surface area contributed by atoms with E-state index in [2.05, 4.69) is 10.1 Å². The Labute approximate surface area is 126 Å². The van der Waals surface area contributed by atoms with E-state index < -0.39 is 28.3 Å². The van der Waals surface area contributed by atoms with Crippen molar-refractivity contribution in [3.8, 4) is 11.5 Å². The summed E-state index contributed by atoms with van der Waals surface area (Å²) in [7, 11) is -1.87. The Bertz CT molecular complexity index is 662. The molecule has 2 rings (SSSR count). The lowest BCUT2D eigenvalue weighted by Crippen LogP contribution is -2.23. The number of nitrogens with one attached hydrogen (secondary N) is 1. The van der Waals surface area contributed by atoms with Gasteiger partial charge in [-0.15, -0.1) is 0 Å². The van der Waals surface area contributed by atoms with E-state index >= 15 is 0 Å². The highest BCUT2D eigenvalue weighted by atomic mass is 32.2. The van der Waals surface area contributed by atoms with Gasteiger partial charge >= 0.3 is 6.61 Å². The number of alkyl halides is 2. The highest BCUT2D eigenvalue weighted by Crippen LogP contribution is 2.32. The molecular weight excluding hydrogens is 320 g/mol. The second-order valence-electron chi connectivity index (χ2n) is 4.83. The third kappa shape index (κ3) is 4.06. The van der Waals surface area contributed by atoms with Gasteiger partial charge in [-0.05, 0) is 18.6 Å². The number of hydrogen-bond acceptors (Lipinski definition) is 5. The van der Waals surface area contributed by atoms with Crippen LogP contribution in [0.4, 0.5) is 14.5 Å². The molecule has 9 heteroatoms. The molecule has 1 aliphatic heterocycles. The molecule has 1 aliphatic rings. The maximum absolute atomic E-state index is 12.3. The van der Waals surface area contributed by atoms with Crippen LogP contribution in [0.1, 0.15) is 6.42 Å². The van der Waals surface area contributed by atoms with E-state index in [0.717, 1.165) is 0 Å². The van der Waals surface area contributed by atoms with E-state index in [-0.39, 0.29) is 35.1 Å². The number of sulfone groups is 1. The minimum Gasteiger partial charge on any atom is -0.493 e. The summed E-state index contributed by atoms with van der Waals surface area (Å²) in [6.45, 7) is -3.03. The SMILES string of the molecule is COc1ccc(NC(=O)[C@@H]2CCS(=O)(=O)C2)cc1OC(F)F. The summed E-state index contributed by atoms with van der Waals surface area (Å²) in [5, 5.41) is 2.50. The molecule has 0 radical (unpaired) electrons. The van der Waals surface area contributed by atoms with Crippen LogP contribution in [0.2, 0.25) is 0 Å². The van der Waals surface area contributed by atoms with Crippen molar-refractivity contribution in [2.75, 3.05) is 23.9 Å². The van der Waals surface area contributed by atoms with Crippen LogP contribution >= 0.6 is 0 Å². The molecule has 1 N–H and O–H groups in total. The van der Waals surface area contributed by atoms with E-state index in [1.54, 1.807) is 0 Å². The number of carbonyl (C=O) groups excluding carboxylic acids is 1. The summed E-state index contributed by atoms with van der Waals surface area (Å²) in [5.41, 5.74) is 0.228. The van der Waals surface area contributed by atoms with Crippen molar-refractivity contribution in [1.29, 1.82) is 0 Å². The highest BCUT2D eigenvalue weighted by Gasteiger charge is 2.33. The predicted molar refractivity (Wildman–Crippen MR) is 75.0 cm³/mol. The van der Waals surface area contributed by atoms with Crippen molar-refractivity contribution in [3.05, 3.63) is 18.2 Å². The first-order valence-corrected chi connectivity index (χ1v) is 8.27. The van der Waals surface area contributed by atoms with E-state index in [0.29, 0.717) is 0 Å². The van der Waals surface area contributed by atoms with Crippen LogP contribution in [0.15, 0.2) is 18.2 Å². The van der Waals surface area contributed by atoms with Gasteiger partial charge in [0.1, 0.15) is 0 Å². The van der Waals surface area contributed by atoms with Gasteiger partial charge in [-0.3, -0.25) is 4.79 Å². The Morgan fingerprint density at radius 1 is 1.36 bits per heavy atom. The molecule has 1 aromatic rings. The first-order valence-electron chi connectivity index (χ1n) is 6.45. The average molecular weight is 335 g/mol. The molecule has 0 saturated carbocycles. The summed E-state index contributed by atoms with van der Waals surface area (Å²) >= 11 is 0. The van der Waals surface area contributed by atoms with Gasteiger partial charge in [0.25, 0.3) is 0 Å². The Kier molecular flexibility index (Phi) is 4.84. The maximum Gasteiger partial charge on any atom is 0.387 e. The number of anilines is 1. The molecule has 0 aromatic heterocycles. The molecule has 1 fully saturated rings. The van der Waals surface area contributed by atoms with Gasteiger partial charge in [-0.1, -0.05) is 0 Å². The first-order chi connectivity index (χ1) is 10.3. The number of carbonyl (C=O) groups is 1. The van der Waals surface area contributed by atoms with Gasteiger partial charge in [0.15, 0.2) is 21.3 Å². The minimum absolute atomic E-state index is 0.0204. The number of halogens is 2. The van der Waals surface area contributed by atoms with Gasteiger partial charge in [-0.2, -0.15) is 8.78 Å². The molecule has 0 bridgehead atoms. The topological polar surface area (TPSA) is 81.7 Å². The zero-order valence-electron chi connectivity index (χ0n) is 11.7. The average Bonchev–Trinajstić information content (AvgIpc) is 2.79. The quantitative estimate of drug-likeness (QED) is 0.885. The number of methoxy groups -OCH3 is 1. The third-order valence-corrected chi connectivity index (χ3v) is 5.02. The molecule has 0 aliphatic carbocycles. The van der Waals surface area contributed by atoms with Crippen molar-refractivity contribution < 1.29 is 31.5 Å². The molecule has 1 aromatic carbocycles. The number of amides is 1. The van der Waals surface area contributed by atoms with Crippen LogP contribution in [-0.2, 0) is 14.6 Å². The molecule has 0 unspecified atom stereocenters. The maximum atomic E-state index is 12.3. The largest absolute Gasteiger partial charge is 0.493 e. The van der Waals surface area contributed by atoms with E-state index in [9.17, 15) is 22.0 Å². The van der Waals surface area contributed by atoms with Crippen LogP contribution in [0, 0.1) is 5.92 Å². The van der Waals surface area contributed by atoms with Crippen LogP contribution < -0.4 is 14.8 Å². The third-order valence-electron chi connectivity index (χ3n) is 3.25. The number of benzene rings is 1. The first kappa shape index (κ1) is 16.5. The molecule has 22 heavy (non-hydrogen) atoms. The zero-order valence-corrected chi connectivity index (χ0v) is 12.5. The fraction of sp³-hybridized carbons (Fsp3) is 0.462. The second kappa shape index (κ2) is 6.47. The lowest BCUT2D eigenvalue weighted by molar-refractivity contribution is -0.119. The Morgan fingerprint density at radius 3 is 2.64 bits per heavy atom. The summed E-state index contributed by atoms with van der Waals surface area (Å²) in [4.78, 5) is 12.0. The predicted octanol–water partition coefficient (Wildman–Crippen LogP) is 1.67. The van der Waals surface area contributed by atoms with E-state index in [1.807, 2.05) is 0 Å². The van der Waals surface area contributed by atoms with Crippen molar-refractivity contribution >= 4 is 21.4 Å². The van der Waals surface area contributed by atoms with Crippen molar-refractivity contribution in [2.24, 2.45) is 5.92 Å². The lowest BCUT2D eigenvalue weighted by atomic mass is 10.1. The molecule has 1 atom stereocenters. The minimum atomic E-state index is -3.17. The standard InChI is InChI=1S/C13H15F2NO5S/c1-20-10-3-2-9(6-11(10)21-13(14)15)16-12(17)8-4-5-22(18,19)7-8/h2-3,6,8,13H,4-5,7H2,1H3,(H,16,17)/t8-/m1/s1. The Morgan fingerprint density at radius 2 is 2.09 bits per heavy atom. The Balaban J connectivity index is 2.11. The van der Waals surface area contributed by atoms with E-state index in [4.69, 9.17) is 4.74 Å². The molecule has 0 spiro atoms.